The highest BCUT2D eigenvalue weighted by molar-refractivity contribution is 7.92. The molecule has 0 aromatic heterocycles. The van der Waals surface area contributed by atoms with E-state index < -0.39 is 56.4 Å². The van der Waals surface area contributed by atoms with Gasteiger partial charge in [0.25, 0.3) is 0 Å². The van der Waals surface area contributed by atoms with E-state index in [4.69, 9.17) is 9.47 Å². The summed E-state index contributed by atoms with van der Waals surface area (Å²) >= 11 is 0. The Balaban J connectivity index is 1.39. The van der Waals surface area contributed by atoms with Gasteiger partial charge >= 0.3 is 12.2 Å². The number of rotatable bonds is 22. The minimum absolute atomic E-state index is 0.00166. The molecule has 6 aromatic carbocycles. The minimum Gasteiger partial charge on any atom is -0.445 e. The fourth-order valence-electron chi connectivity index (χ4n) is 7.82. The Kier molecular flexibility index (Phi) is 19.5. The summed E-state index contributed by atoms with van der Waals surface area (Å²) in [7, 11) is -4.43. The van der Waals surface area contributed by atoms with Crippen molar-refractivity contribution in [1.29, 1.82) is 0 Å². The quantitative estimate of drug-likeness (QED) is 0.0521. The van der Waals surface area contributed by atoms with E-state index in [1.165, 1.54) is 0 Å². The third-order valence-electron chi connectivity index (χ3n) is 11.6. The molecule has 6 rings (SSSR count). The minimum atomic E-state index is -4.43. The van der Waals surface area contributed by atoms with Crippen LogP contribution in [0.4, 0.5) is 9.59 Å². The number of alkyl carbamates (subject to hydrolysis) is 2. The molecule has 0 heterocycles. The molecule has 0 aliphatic carbocycles. The Labute approximate surface area is 417 Å². The van der Waals surface area contributed by atoms with E-state index in [0.29, 0.717) is 11.1 Å². The predicted octanol–water partition coefficient (Wildman–Crippen LogP) is 10.3. The average Bonchev–Trinajstić information content (AvgIpc) is 3.38. The molecule has 2 unspecified atom stereocenters. The van der Waals surface area contributed by atoms with Crippen molar-refractivity contribution in [1.82, 2.24) is 21.3 Å². The van der Waals surface area contributed by atoms with Gasteiger partial charge in [-0.25, -0.2) is 18.0 Å². The summed E-state index contributed by atoms with van der Waals surface area (Å²) in [6.07, 6.45) is 1.81. The van der Waals surface area contributed by atoms with Gasteiger partial charge < -0.3 is 30.7 Å². The third-order valence-corrected chi connectivity index (χ3v) is 13.8. The first kappa shape index (κ1) is 52.6. The molecule has 0 radical (unpaired) electrons. The SMILES string of the molecule is CC(C)[C@H](NC(=O)OCc1ccccc1)C(=O)NC(=CC(c1ccccc1)S(=O)(=O)C(C=C(Cc1ccccc1)NC(=O)[C@@H](NC(=O)OCc1ccccc1)C(C)C)c1ccccc1)Cc1ccccc1. The number of carbonyl (C=O) groups is 4. The molecule has 71 heavy (non-hydrogen) atoms. The molecular weight excluding hydrogens is 913 g/mol. The van der Waals surface area contributed by atoms with Gasteiger partial charge in [-0.05, 0) is 57.4 Å². The second kappa shape index (κ2) is 26.3. The number of hydrogen-bond acceptors (Lipinski definition) is 8. The highest BCUT2D eigenvalue weighted by Gasteiger charge is 2.36. The third kappa shape index (κ3) is 16.1. The van der Waals surface area contributed by atoms with Crippen molar-refractivity contribution < 1.29 is 37.1 Å². The lowest BCUT2D eigenvalue weighted by atomic mass is 10.0. The largest absolute Gasteiger partial charge is 0.445 e. The van der Waals surface area contributed by atoms with Crippen LogP contribution in [0.25, 0.3) is 0 Å². The number of amides is 4. The van der Waals surface area contributed by atoms with Gasteiger partial charge in [-0.2, -0.15) is 0 Å². The van der Waals surface area contributed by atoms with Crippen LogP contribution in [0.5, 0.6) is 0 Å². The van der Waals surface area contributed by atoms with Gasteiger partial charge in [0, 0.05) is 24.2 Å². The highest BCUT2D eigenvalue weighted by atomic mass is 32.2. The monoisotopic (exact) mass is 974 g/mol. The first-order valence-electron chi connectivity index (χ1n) is 23.6. The first-order valence-corrected chi connectivity index (χ1v) is 25.3. The Bertz CT molecular complexity index is 2620. The standard InChI is InChI=1S/C58H62N4O8S/c1-41(2)53(61-57(65)69-39-45-27-15-7-16-28-45)55(63)59-49(35-43-23-11-5-12-24-43)37-51(47-31-19-9-20-32-47)71(67,68)52(48-33-21-10-22-34-48)38-50(36-44-25-13-6-14-26-44)60-56(64)54(42(3)4)62-58(66)70-40-46-29-17-8-18-30-46/h5-34,37-38,41-42,51-54H,35-36,39-40H2,1-4H3,(H,59,63)(H,60,64)(H,61,65)(H,62,66)/t51?,52?,53-,54-/m0/s1. The van der Waals surface area contributed by atoms with Gasteiger partial charge in [0.15, 0.2) is 9.84 Å². The van der Waals surface area contributed by atoms with Crippen molar-refractivity contribution in [3.05, 3.63) is 239 Å². The molecule has 0 aliphatic heterocycles. The summed E-state index contributed by atoms with van der Waals surface area (Å²) < 4.78 is 42.7. The van der Waals surface area contributed by atoms with E-state index in [1.54, 1.807) is 101 Å². The number of allylic oxidation sites excluding steroid dienone is 2. The van der Waals surface area contributed by atoms with Crippen LogP contribution < -0.4 is 21.3 Å². The van der Waals surface area contributed by atoms with Crippen molar-refractivity contribution in [2.45, 2.75) is 76.3 Å². The zero-order valence-electron chi connectivity index (χ0n) is 40.4. The molecule has 4 N–H and O–H groups in total. The molecule has 4 amide bonds. The maximum Gasteiger partial charge on any atom is 0.408 e. The summed E-state index contributed by atoms with van der Waals surface area (Å²) in [6.45, 7) is 7.17. The first-order chi connectivity index (χ1) is 34.3. The lowest BCUT2D eigenvalue weighted by Crippen LogP contribution is -2.49. The highest BCUT2D eigenvalue weighted by Crippen LogP contribution is 2.38. The molecule has 0 spiro atoms. The van der Waals surface area contributed by atoms with Crippen LogP contribution in [-0.4, -0.2) is 44.5 Å². The average molecular weight is 975 g/mol. The van der Waals surface area contributed by atoms with Gasteiger partial charge in [0.2, 0.25) is 11.8 Å². The molecule has 0 saturated heterocycles. The molecule has 0 fully saturated rings. The van der Waals surface area contributed by atoms with Crippen molar-refractivity contribution in [3.8, 4) is 0 Å². The molecular formula is C58H62N4O8S. The van der Waals surface area contributed by atoms with E-state index in [9.17, 15) is 19.2 Å². The smallest absolute Gasteiger partial charge is 0.408 e. The molecule has 0 saturated carbocycles. The van der Waals surface area contributed by atoms with Crippen LogP contribution in [0, 0.1) is 11.8 Å². The van der Waals surface area contributed by atoms with Gasteiger partial charge in [0.1, 0.15) is 35.8 Å². The summed E-state index contributed by atoms with van der Waals surface area (Å²) in [6, 6.07) is 52.3. The summed E-state index contributed by atoms with van der Waals surface area (Å²) in [5, 5.41) is 8.72. The Morgan fingerprint density at radius 3 is 1.01 bits per heavy atom. The van der Waals surface area contributed by atoms with Gasteiger partial charge in [0.05, 0.1) is 0 Å². The maximum atomic E-state index is 15.9. The Morgan fingerprint density at radius 1 is 0.437 bits per heavy atom. The second-order valence-electron chi connectivity index (χ2n) is 17.8. The van der Waals surface area contributed by atoms with E-state index in [1.807, 2.05) is 121 Å². The fourth-order valence-corrected chi connectivity index (χ4v) is 9.91. The topological polar surface area (TPSA) is 169 Å². The molecule has 0 aliphatic rings. The van der Waals surface area contributed by atoms with Crippen molar-refractivity contribution in [2.24, 2.45) is 11.8 Å². The summed E-state index contributed by atoms with van der Waals surface area (Å²) in [4.78, 5) is 54.9. The van der Waals surface area contributed by atoms with E-state index >= 15 is 8.42 Å². The van der Waals surface area contributed by atoms with Crippen molar-refractivity contribution in [3.63, 3.8) is 0 Å². The normalized spacial score (nSPS) is 13.5. The number of hydrogen-bond donors (Lipinski definition) is 4. The van der Waals surface area contributed by atoms with Crippen LogP contribution in [0.2, 0.25) is 0 Å². The Hall–Kier alpha value is -7.77. The van der Waals surface area contributed by atoms with E-state index in [-0.39, 0.29) is 49.3 Å². The molecule has 0 bridgehead atoms. The van der Waals surface area contributed by atoms with Crippen LogP contribution in [0.1, 0.15) is 71.6 Å². The van der Waals surface area contributed by atoms with Crippen molar-refractivity contribution in [2.75, 3.05) is 0 Å². The summed E-state index contributed by atoms with van der Waals surface area (Å²) in [5.41, 5.74) is 4.56. The molecule has 4 atom stereocenters. The number of nitrogens with one attached hydrogen (secondary N) is 4. The number of benzene rings is 6. The fraction of sp³-hybridized carbons (Fsp3) is 0.241. The predicted molar refractivity (Wildman–Crippen MR) is 277 cm³/mol. The van der Waals surface area contributed by atoms with E-state index in [0.717, 1.165) is 22.3 Å². The zero-order chi connectivity index (χ0) is 50.6. The number of sulfone groups is 1. The van der Waals surface area contributed by atoms with Crippen molar-refractivity contribution >= 4 is 33.8 Å². The van der Waals surface area contributed by atoms with Crippen LogP contribution in [-0.2, 0) is 55.0 Å². The summed E-state index contributed by atoms with van der Waals surface area (Å²) in [5.74, 6) is -1.90. The van der Waals surface area contributed by atoms with Crippen LogP contribution in [0.15, 0.2) is 206 Å². The molecule has 6 aromatic rings. The van der Waals surface area contributed by atoms with Gasteiger partial charge in [-0.15, -0.1) is 0 Å². The van der Waals surface area contributed by atoms with Gasteiger partial charge in [-0.3, -0.25) is 9.59 Å². The number of carbonyl (C=O) groups excluding carboxylic acids is 4. The van der Waals surface area contributed by atoms with Crippen LogP contribution in [0.3, 0.4) is 0 Å². The zero-order valence-corrected chi connectivity index (χ0v) is 41.3. The van der Waals surface area contributed by atoms with Crippen LogP contribution >= 0.6 is 0 Å². The number of ether oxygens (including phenoxy) is 2. The molecule has 12 nitrogen and oxygen atoms in total. The lowest BCUT2D eigenvalue weighted by Gasteiger charge is -2.26. The molecule has 13 heteroatoms. The maximum absolute atomic E-state index is 15.9. The Morgan fingerprint density at radius 2 is 0.718 bits per heavy atom. The lowest BCUT2D eigenvalue weighted by molar-refractivity contribution is -0.124. The van der Waals surface area contributed by atoms with E-state index in [2.05, 4.69) is 21.3 Å². The molecule has 368 valence electrons. The second-order valence-corrected chi connectivity index (χ2v) is 20.0. The van der Waals surface area contributed by atoms with Gasteiger partial charge in [-0.1, -0.05) is 210 Å².